The number of rotatable bonds is 7. The van der Waals surface area contributed by atoms with Gasteiger partial charge in [-0.05, 0) is 12.8 Å². The maximum Gasteiger partial charge on any atom is 0.0693 e. The summed E-state index contributed by atoms with van der Waals surface area (Å²) in [5.41, 5.74) is 0. The quantitative estimate of drug-likeness (QED) is 0.386. The monoisotopic (exact) mass is 480 g/mol. The number of unbranched alkanes of at least 4 members (excludes halogenated alkanes) is 2. The van der Waals surface area contributed by atoms with Crippen LogP contribution in [0.4, 0.5) is 0 Å². The molecule has 0 heterocycles. The third-order valence-corrected chi connectivity index (χ3v) is 7.24. The van der Waals surface area contributed by atoms with E-state index in [1.165, 1.54) is 25.7 Å². The molecule has 1 saturated carbocycles. The molecule has 0 aromatic heterocycles. The van der Waals surface area contributed by atoms with Gasteiger partial charge in [0.15, 0.2) is 0 Å². The van der Waals surface area contributed by atoms with Gasteiger partial charge in [-0.15, -0.1) is 69.6 Å². The first-order valence-corrected chi connectivity index (χ1v) is 11.1. The predicted molar refractivity (Wildman–Crippen MR) is 113 cm³/mol. The van der Waals surface area contributed by atoms with Crippen molar-refractivity contribution in [2.75, 3.05) is 26.4 Å². The number of aliphatic hydroxyl groups is 2. The standard InChI is InChI=1S/C8H18O.C6H6Cl6.C2H6O2/c1-3-5-7-9-8-6-4-2;7-1-2(8)4(10)6(12)5(11)3(1)9;3-1-2-4/h3-8H2,1-2H3;1-6H;3-4H,1-2H2/t;1-,2-,3-,4+,5+,6+;. The van der Waals surface area contributed by atoms with Crippen molar-refractivity contribution in [2.45, 2.75) is 71.8 Å². The summed E-state index contributed by atoms with van der Waals surface area (Å²) in [5.74, 6) is 0. The Bertz CT molecular complexity index is 222. The van der Waals surface area contributed by atoms with Crippen molar-refractivity contribution in [3.05, 3.63) is 0 Å². The summed E-state index contributed by atoms with van der Waals surface area (Å²) in [6.07, 6.45) is 4.91. The Kier molecular flexibility index (Phi) is 21.9. The van der Waals surface area contributed by atoms with Crippen LogP contribution in [0.1, 0.15) is 39.5 Å². The Labute approximate surface area is 182 Å². The molecule has 25 heavy (non-hydrogen) atoms. The molecule has 0 aromatic carbocycles. The lowest BCUT2D eigenvalue weighted by Gasteiger charge is -2.37. The molecule has 0 bridgehead atoms. The molecule has 0 unspecified atom stereocenters. The lowest BCUT2D eigenvalue weighted by molar-refractivity contribution is 0.128. The zero-order valence-corrected chi connectivity index (χ0v) is 19.2. The van der Waals surface area contributed by atoms with E-state index < -0.39 is 32.3 Å². The molecule has 0 atom stereocenters. The largest absolute Gasteiger partial charge is 0.394 e. The van der Waals surface area contributed by atoms with Gasteiger partial charge in [-0.2, -0.15) is 0 Å². The topological polar surface area (TPSA) is 49.7 Å². The van der Waals surface area contributed by atoms with Gasteiger partial charge in [-0.3, -0.25) is 0 Å². The summed E-state index contributed by atoms with van der Waals surface area (Å²) in [5, 5.41) is 12.6. The molecule has 9 heteroatoms. The first kappa shape index (κ1) is 28.8. The van der Waals surface area contributed by atoms with Gasteiger partial charge in [0, 0.05) is 13.2 Å². The van der Waals surface area contributed by atoms with E-state index in [1.54, 1.807) is 0 Å². The molecule has 0 amide bonds. The predicted octanol–water partition coefficient (Wildman–Crippen LogP) is 5.22. The molecule has 1 aliphatic rings. The van der Waals surface area contributed by atoms with Gasteiger partial charge < -0.3 is 14.9 Å². The highest BCUT2D eigenvalue weighted by Crippen LogP contribution is 2.39. The highest BCUT2D eigenvalue weighted by Gasteiger charge is 2.46. The molecule has 1 aliphatic carbocycles. The molecular weight excluding hydrogens is 453 g/mol. The van der Waals surface area contributed by atoms with E-state index in [1.807, 2.05) is 0 Å². The van der Waals surface area contributed by atoms with Crippen LogP contribution < -0.4 is 0 Å². The number of alkyl halides is 6. The normalized spacial score (nSPS) is 31.4. The van der Waals surface area contributed by atoms with Crippen molar-refractivity contribution in [1.82, 2.24) is 0 Å². The van der Waals surface area contributed by atoms with E-state index in [4.69, 9.17) is 84.6 Å². The van der Waals surface area contributed by atoms with Crippen molar-refractivity contribution in [1.29, 1.82) is 0 Å². The van der Waals surface area contributed by atoms with Crippen molar-refractivity contribution >= 4 is 69.6 Å². The van der Waals surface area contributed by atoms with Crippen molar-refractivity contribution in [2.24, 2.45) is 0 Å². The summed E-state index contributed by atoms with van der Waals surface area (Å²) in [4.78, 5) is 0. The van der Waals surface area contributed by atoms with Crippen LogP contribution in [0.15, 0.2) is 0 Å². The van der Waals surface area contributed by atoms with E-state index in [0.717, 1.165) is 13.2 Å². The fourth-order valence-corrected chi connectivity index (χ4v) is 3.98. The Morgan fingerprint density at radius 3 is 1.00 bits per heavy atom. The molecule has 0 aliphatic heterocycles. The highest BCUT2D eigenvalue weighted by molar-refractivity contribution is 6.45. The second-order valence-corrected chi connectivity index (χ2v) is 8.46. The zero-order chi connectivity index (χ0) is 19.8. The molecule has 154 valence electrons. The third kappa shape index (κ3) is 13.4. The number of halogens is 6. The Balaban J connectivity index is 0. The molecular formula is C16H30Cl6O3. The van der Waals surface area contributed by atoms with Crippen LogP contribution in [0.3, 0.4) is 0 Å². The minimum Gasteiger partial charge on any atom is -0.394 e. The van der Waals surface area contributed by atoms with E-state index >= 15 is 0 Å². The van der Waals surface area contributed by atoms with Crippen molar-refractivity contribution in [3.63, 3.8) is 0 Å². The molecule has 0 aromatic rings. The van der Waals surface area contributed by atoms with Crippen LogP contribution >= 0.6 is 69.6 Å². The number of hydrogen-bond donors (Lipinski definition) is 2. The van der Waals surface area contributed by atoms with Crippen LogP contribution in [0.25, 0.3) is 0 Å². The van der Waals surface area contributed by atoms with Crippen LogP contribution in [0.2, 0.25) is 0 Å². The van der Waals surface area contributed by atoms with Gasteiger partial charge in [0.05, 0.1) is 45.5 Å². The van der Waals surface area contributed by atoms with Gasteiger partial charge >= 0.3 is 0 Å². The second kappa shape index (κ2) is 19.0. The Morgan fingerprint density at radius 2 is 0.840 bits per heavy atom. The first-order valence-electron chi connectivity index (χ1n) is 8.43. The van der Waals surface area contributed by atoms with Gasteiger partial charge in [-0.1, -0.05) is 26.7 Å². The summed E-state index contributed by atoms with van der Waals surface area (Å²) in [6, 6.07) is 0. The SMILES string of the molecule is CCCCOCCCC.Cl[C@H]1[C@H](Cl)[C@@H](Cl)[C@@H](Cl)[C@H](Cl)[C@H]1Cl.OCCO. The van der Waals surface area contributed by atoms with Crippen LogP contribution in [-0.2, 0) is 4.74 Å². The average Bonchev–Trinajstić information content (AvgIpc) is 2.64. The van der Waals surface area contributed by atoms with Crippen LogP contribution in [0.5, 0.6) is 0 Å². The van der Waals surface area contributed by atoms with E-state index in [-0.39, 0.29) is 13.2 Å². The van der Waals surface area contributed by atoms with Crippen LogP contribution in [-0.4, -0.2) is 68.9 Å². The highest BCUT2D eigenvalue weighted by atomic mass is 35.5. The molecule has 3 nitrogen and oxygen atoms in total. The lowest BCUT2D eigenvalue weighted by Crippen LogP contribution is -2.52. The molecule has 1 rings (SSSR count). The molecule has 1 fully saturated rings. The first-order chi connectivity index (χ1) is 11.8. The number of ether oxygens (including phenoxy) is 1. The maximum absolute atomic E-state index is 7.62. The smallest absolute Gasteiger partial charge is 0.0693 e. The summed E-state index contributed by atoms with van der Waals surface area (Å²) in [6.45, 7) is 6.03. The third-order valence-electron chi connectivity index (χ3n) is 3.21. The Morgan fingerprint density at radius 1 is 0.600 bits per heavy atom. The summed E-state index contributed by atoms with van der Waals surface area (Å²) < 4.78 is 5.31. The molecule has 0 saturated heterocycles. The Hall–Kier alpha value is 1.62. The van der Waals surface area contributed by atoms with Gasteiger partial charge in [0.25, 0.3) is 0 Å². The van der Waals surface area contributed by atoms with Crippen molar-refractivity contribution < 1.29 is 14.9 Å². The van der Waals surface area contributed by atoms with E-state index in [9.17, 15) is 0 Å². The van der Waals surface area contributed by atoms with Gasteiger partial charge in [-0.25, -0.2) is 0 Å². The average molecular weight is 483 g/mol. The van der Waals surface area contributed by atoms with Gasteiger partial charge in [0.1, 0.15) is 0 Å². The van der Waals surface area contributed by atoms with E-state index in [2.05, 4.69) is 13.8 Å². The second-order valence-electron chi connectivity index (χ2n) is 5.43. The lowest BCUT2D eigenvalue weighted by atomic mass is 9.97. The molecule has 0 spiro atoms. The fraction of sp³-hybridized carbons (Fsp3) is 1.00. The van der Waals surface area contributed by atoms with Crippen molar-refractivity contribution in [3.8, 4) is 0 Å². The zero-order valence-electron chi connectivity index (χ0n) is 14.7. The minimum absolute atomic E-state index is 0.125. The summed E-state index contributed by atoms with van der Waals surface area (Å²) >= 11 is 35.3. The molecule has 0 radical (unpaired) electrons. The maximum atomic E-state index is 7.62. The van der Waals surface area contributed by atoms with Gasteiger partial charge in [0.2, 0.25) is 0 Å². The summed E-state index contributed by atoms with van der Waals surface area (Å²) in [7, 11) is 0. The van der Waals surface area contributed by atoms with Crippen LogP contribution in [0, 0.1) is 0 Å². The number of aliphatic hydroxyl groups excluding tert-OH is 2. The minimum atomic E-state index is -0.437. The fourth-order valence-electron chi connectivity index (χ4n) is 1.65. The van der Waals surface area contributed by atoms with E-state index in [0.29, 0.717) is 0 Å². The number of hydrogen-bond acceptors (Lipinski definition) is 3. The molecule has 2 N–H and O–H groups in total.